The highest BCUT2D eigenvalue weighted by Gasteiger charge is 2.10. The van der Waals surface area contributed by atoms with Crippen molar-refractivity contribution in [2.45, 2.75) is 27.7 Å². The highest BCUT2D eigenvalue weighted by Crippen LogP contribution is 2.35. The third kappa shape index (κ3) is 3.23. The minimum Gasteiger partial charge on any atom is -0.418 e. The fourth-order valence-corrected chi connectivity index (χ4v) is 2.71. The second-order valence-electron chi connectivity index (χ2n) is 4.85. The predicted octanol–water partition coefficient (Wildman–Crippen LogP) is 4.77. The summed E-state index contributed by atoms with van der Waals surface area (Å²) in [5.41, 5.74) is 4.17. The van der Waals surface area contributed by atoms with Crippen molar-refractivity contribution in [3.8, 4) is 11.5 Å². The minimum absolute atomic E-state index is 0.610. The van der Waals surface area contributed by atoms with Crippen molar-refractivity contribution >= 4 is 8.25 Å². The second-order valence-corrected chi connectivity index (χ2v) is 5.76. The van der Waals surface area contributed by atoms with E-state index < -0.39 is 8.25 Å². The summed E-state index contributed by atoms with van der Waals surface area (Å²) in [5, 5.41) is 0. The van der Waals surface area contributed by atoms with Crippen molar-refractivity contribution in [1.82, 2.24) is 0 Å². The summed E-state index contributed by atoms with van der Waals surface area (Å²) in [6, 6.07) is 11.3. The summed E-state index contributed by atoms with van der Waals surface area (Å²) in [4.78, 5) is 0. The lowest BCUT2D eigenvalue weighted by Crippen LogP contribution is -1.94. The summed E-state index contributed by atoms with van der Waals surface area (Å²) in [6.07, 6.45) is 0. The van der Waals surface area contributed by atoms with E-state index in [-0.39, 0.29) is 0 Å². The summed E-state index contributed by atoms with van der Waals surface area (Å²) in [7, 11) is -2.62. The van der Waals surface area contributed by atoms with Crippen LogP contribution < -0.4 is 9.05 Å². The van der Waals surface area contributed by atoms with Crippen LogP contribution >= 0.6 is 8.25 Å². The number of rotatable bonds is 4. The first-order valence-corrected chi connectivity index (χ1v) is 7.73. The van der Waals surface area contributed by atoms with Crippen molar-refractivity contribution in [2.24, 2.45) is 0 Å². The van der Waals surface area contributed by atoms with Crippen molar-refractivity contribution in [1.29, 1.82) is 0 Å². The van der Waals surface area contributed by atoms with Crippen molar-refractivity contribution < 1.29 is 13.6 Å². The first-order valence-electron chi connectivity index (χ1n) is 6.51. The molecule has 106 valence electrons. The van der Waals surface area contributed by atoms with Gasteiger partial charge in [0.25, 0.3) is 0 Å². The Morgan fingerprint density at radius 3 is 1.55 bits per heavy atom. The summed E-state index contributed by atoms with van der Waals surface area (Å²) in [5.74, 6) is 1.22. The lowest BCUT2D eigenvalue weighted by atomic mass is 10.1. The molecule has 2 aromatic rings. The molecule has 0 aliphatic rings. The van der Waals surface area contributed by atoms with E-state index in [9.17, 15) is 4.57 Å². The SMILES string of the molecule is Cc1cccc(O[PH](=O)Oc2cccc(C)c2C)c1C. The molecule has 0 N–H and O–H groups in total. The molecule has 0 saturated carbocycles. The van der Waals surface area contributed by atoms with Crippen LogP contribution in [0.4, 0.5) is 0 Å². The van der Waals surface area contributed by atoms with Crippen molar-refractivity contribution in [2.75, 3.05) is 0 Å². The van der Waals surface area contributed by atoms with Gasteiger partial charge in [0.2, 0.25) is 0 Å². The molecule has 0 aromatic heterocycles. The molecular weight excluding hydrogens is 271 g/mol. The zero-order chi connectivity index (χ0) is 14.7. The van der Waals surface area contributed by atoms with E-state index in [2.05, 4.69) is 0 Å². The van der Waals surface area contributed by atoms with E-state index in [0.29, 0.717) is 11.5 Å². The Bertz CT molecular complexity index is 595. The molecule has 4 heteroatoms. The van der Waals surface area contributed by atoms with Crippen LogP contribution in [-0.4, -0.2) is 0 Å². The maximum absolute atomic E-state index is 12.0. The predicted molar refractivity (Wildman–Crippen MR) is 82.1 cm³/mol. The van der Waals surface area contributed by atoms with Gasteiger partial charge in [0.05, 0.1) is 0 Å². The van der Waals surface area contributed by atoms with Crippen LogP contribution in [0, 0.1) is 27.7 Å². The molecular formula is C16H19O3P. The number of hydrogen-bond acceptors (Lipinski definition) is 3. The number of benzene rings is 2. The molecule has 2 aromatic carbocycles. The molecule has 0 aliphatic heterocycles. The van der Waals surface area contributed by atoms with Crippen LogP contribution in [0.15, 0.2) is 36.4 Å². The van der Waals surface area contributed by atoms with Crippen LogP contribution in [0.1, 0.15) is 22.3 Å². The lowest BCUT2D eigenvalue weighted by molar-refractivity contribution is 0.413. The van der Waals surface area contributed by atoms with Crippen LogP contribution in [0.2, 0.25) is 0 Å². The normalized spacial score (nSPS) is 10.7. The second kappa shape index (κ2) is 6.15. The van der Waals surface area contributed by atoms with E-state index in [0.717, 1.165) is 22.3 Å². The van der Waals surface area contributed by atoms with Crippen LogP contribution in [0.5, 0.6) is 11.5 Å². The Morgan fingerprint density at radius 2 is 1.15 bits per heavy atom. The largest absolute Gasteiger partial charge is 0.418 e. The van der Waals surface area contributed by atoms with Gasteiger partial charge in [0, 0.05) is 0 Å². The standard InChI is InChI=1S/C16H19O3P/c1-11-7-5-9-15(13(11)3)18-20(17)19-16-10-6-8-12(2)14(16)4/h5-10,20H,1-4H3. The Hall–Kier alpha value is -1.73. The average Bonchev–Trinajstić information content (AvgIpc) is 2.40. The molecule has 0 radical (unpaired) electrons. The maximum Gasteiger partial charge on any atom is 0.418 e. The van der Waals surface area contributed by atoms with Gasteiger partial charge >= 0.3 is 8.25 Å². The molecule has 0 heterocycles. The Balaban J connectivity index is 2.13. The van der Waals surface area contributed by atoms with Gasteiger partial charge in [0.15, 0.2) is 0 Å². The molecule has 2 rings (SSSR count). The first-order chi connectivity index (χ1) is 9.49. The van der Waals surface area contributed by atoms with Gasteiger partial charge in [0.1, 0.15) is 11.5 Å². The smallest absolute Gasteiger partial charge is 0.418 e. The van der Waals surface area contributed by atoms with Crippen LogP contribution in [-0.2, 0) is 4.57 Å². The number of hydrogen-bond donors (Lipinski definition) is 0. The molecule has 0 saturated heterocycles. The van der Waals surface area contributed by atoms with Crippen molar-refractivity contribution in [3.05, 3.63) is 58.7 Å². The average molecular weight is 290 g/mol. The molecule has 0 atom stereocenters. The molecule has 0 fully saturated rings. The Labute approximate surface area is 120 Å². The van der Waals surface area contributed by atoms with Gasteiger partial charge in [-0.1, -0.05) is 24.3 Å². The molecule has 3 nitrogen and oxygen atoms in total. The highest BCUT2D eigenvalue weighted by atomic mass is 31.1. The van der Waals surface area contributed by atoms with Gasteiger partial charge in [-0.15, -0.1) is 0 Å². The van der Waals surface area contributed by atoms with E-state index in [1.807, 2.05) is 52.0 Å². The Morgan fingerprint density at radius 1 is 0.750 bits per heavy atom. The molecule has 0 bridgehead atoms. The monoisotopic (exact) mass is 290 g/mol. The number of aryl methyl sites for hydroxylation is 2. The fourth-order valence-electron chi connectivity index (χ4n) is 1.87. The maximum atomic E-state index is 12.0. The molecule has 0 aliphatic carbocycles. The highest BCUT2D eigenvalue weighted by molar-refractivity contribution is 7.34. The van der Waals surface area contributed by atoms with Gasteiger partial charge in [-0.3, -0.25) is 0 Å². The third-order valence-electron chi connectivity index (χ3n) is 3.50. The third-order valence-corrected chi connectivity index (χ3v) is 4.27. The van der Waals surface area contributed by atoms with Crippen molar-refractivity contribution in [3.63, 3.8) is 0 Å². The quantitative estimate of drug-likeness (QED) is 0.761. The van der Waals surface area contributed by atoms with Crippen LogP contribution in [0.25, 0.3) is 0 Å². The molecule has 20 heavy (non-hydrogen) atoms. The zero-order valence-corrected chi connectivity index (χ0v) is 13.2. The van der Waals surface area contributed by atoms with E-state index in [4.69, 9.17) is 9.05 Å². The van der Waals surface area contributed by atoms with Crippen LogP contribution in [0.3, 0.4) is 0 Å². The lowest BCUT2D eigenvalue weighted by Gasteiger charge is -2.13. The molecule has 0 spiro atoms. The summed E-state index contributed by atoms with van der Waals surface area (Å²) >= 11 is 0. The van der Waals surface area contributed by atoms with Gasteiger partial charge < -0.3 is 9.05 Å². The van der Waals surface area contributed by atoms with Gasteiger partial charge in [-0.2, -0.15) is 0 Å². The van der Waals surface area contributed by atoms with E-state index in [1.54, 1.807) is 12.1 Å². The molecule has 0 unspecified atom stereocenters. The minimum atomic E-state index is -2.62. The zero-order valence-electron chi connectivity index (χ0n) is 12.2. The van der Waals surface area contributed by atoms with E-state index >= 15 is 0 Å². The first kappa shape index (κ1) is 14.7. The van der Waals surface area contributed by atoms with Gasteiger partial charge in [-0.25, -0.2) is 4.57 Å². The fraction of sp³-hybridized carbons (Fsp3) is 0.250. The van der Waals surface area contributed by atoms with Gasteiger partial charge in [-0.05, 0) is 62.1 Å². The molecule has 0 amide bonds. The topological polar surface area (TPSA) is 35.5 Å². The Kier molecular flexibility index (Phi) is 4.51. The summed E-state index contributed by atoms with van der Waals surface area (Å²) < 4.78 is 22.9. The van der Waals surface area contributed by atoms with E-state index in [1.165, 1.54) is 0 Å². The summed E-state index contributed by atoms with van der Waals surface area (Å²) in [6.45, 7) is 7.87.